The molecule has 0 aromatic rings. The van der Waals surface area contributed by atoms with Crippen LogP contribution < -0.4 is 0 Å². The minimum Gasteiger partial charge on any atom is -0.481 e. The number of hydrogen-bond donors (Lipinski definition) is 1. The van der Waals surface area contributed by atoms with E-state index in [0.29, 0.717) is 6.42 Å². The maximum absolute atomic E-state index is 12.3. The fourth-order valence-corrected chi connectivity index (χ4v) is 2.47. The number of hydrogen-bond acceptors (Lipinski definition) is 1. The van der Waals surface area contributed by atoms with Gasteiger partial charge in [-0.05, 0) is 18.8 Å². The third-order valence-electron chi connectivity index (χ3n) is 3.08. The normalized spacial score (nSPS) is 32.7. The summed E-state index contributed by atoms with van der Waals surface area (Å²) in [6.07, 6.45) is -3.90. The summed E-state index contributed by atoms with van der Waals surface area (Å²) in [7, 11) is 0. The molecule has 88 valence electrons. The SMILES string of the molecule is CC1CCCC(CC(F)(F)F)(C(=O)O)C1. The number of alkyl halides is 3. The molecular weight excluding hydrogens is 209 g/mol. The Morgan fingerprint density at radius 2 is 2.13 bits per heavy atom. The summed E-state index contributed by atoms with van der Waals surface area (Å²) in [5.41, 5.74) is -1.57. The van der Waals surface area contributed by atoms with Crippen LogP contribution in [0.15, 0.2) is 0 Å². The highest BCUT2D eigenvalue weighted by atomic mass is 19.4. The van der Waals surface area contributed by atoms with Gasteiger partial charge in [0.25, 0.3) is 0 Å². The van der Waals surface area contributed by atoms with E-state index in [4.69, 9.17) is 5.11 Å². The van der Waals surface area contributed by atoms with Crippen LogP contribution in [0.3, 0.4) is 0 Å². The fraction of sp³-hybridized carbons (Fsp3) is 0.900. The lowest BCUT2D eigenvalue weighted by molar-refractivity contribution is -0.184. The summed E-state index contributed by atoms with van der Waals surface area (Å²) in [5, 5.41) is 8.97. The fourth-order valence-electron chi connectivity index (χ4n) is 2.47. The van der Waals surface area contributed by atoms with Gasteiger partial charge in [-0.2, -0.15) is 13.2 Å². The van der Waals surface area contributed by atoms with E-state index >= 15 is 0 Å². The average Bonchev–Trinajstić information content (AvgIpc) is 2.00. The number of carboxylic acid groups (broad SMARTS) is 1. The van der Waals surface area contributed by atoms with E-state index in [1.54, 1.807) is 0 Å². The molecule has 1 N–H and O–H groups in total. The third-order valence-corrected chi connectivity index (χ3v) is 3.08. The van der Waals surface area contributed by atoms with E-state index < -0.39 is 24.0 Å². The van der Waals surface area contributed by atoms with Crippen LogP contribution in [0.5, 0.6) is 0 Å². The minimum absolute atomic E-state index is 0.0669. The van der Waals surface area contributed by atoms with E-state index in [9.17, 15) is 18.0 Å². The zero-order chi connectivity index (χ0) is 11.7. The average molecular weight is 224 g/mol. The van der Waals surface area contributed by atoms with Gasteiger partial charge in [0.2, 0.25) is 0 Å². The number of carboxylic acids is 1. The van der Waals surface area contributed by atoms with Crippen LogP contribution in [0.4, 0.5) is 13.2 Å². The molecule has 1 rings (SSSR count). The van der Waals surface area contributed by atoms with Crippen molar-refractivity contribution in [2.75, 3.05) is 0 Å². The van der Waals surface area contributed by atoms with Crippen molar-refractivity contribution in [2.24, 2.45) is 11.3 Å². The summed E-state index contributed by atoms with van der Waals surface area (Å²) in [6, 6.07) is 0. The Balaban J connectivity index is 2.83. The van der Waals surface area contributed by atoms with Crippen LogP contribution in [0.25, 0.3) is 0 Å². The number of aliphatic carboxylic acids is 1. The summed E-state index contributed by atoms with van der Waals surface area (Å²) in [5.74, 6) is -1.23. The molecule has 1 aliphatic carbocycles. The highest BCUT2D eigenvalue weighted by Crippen LogP contribution is 2.46. The monoisotopic (exact) mass is 224 g/mol. The molecule has 0 spiro atoms. The first-order valence-electron chi connectivity index (χ1n) is 5.05. The Kier molecular flexibility index (Phi) is 3.31. The Morgan fingerprint density at radius 3 is 2.53 bits per heavy atom. The van der Waals surface area contributed by atoms with Crippen molar-refractivity contribution >= 4 is 5.97 Å². The summed E-state index contributed by atoms with van der Waals surface area (Å²) in [4.78, 5) is 11.0. The molecule has 1 aliphatic rings. The van der Waals surface area contributed by atoms with Crippen LogP contribution >= 0.6 is 0 Å². The Morgan fingerprint density at radius 1 is 1.53 bits per heavy atom. The first kappa shape index (κ1) is 12.3. The van der Waals surface area contributed by atoms with Crippen LogP contribution in [0.2, 0.25) is 0 Å². The Bertz CT molecular complexity index is 250. The quantitative estimate of drug-likeness (QED) is 0.781. The van der Waals surface area contributed by atoms with E-state index in [2.05, 4.69) is 0 Å². The molecule has 15 heavy (non-hydrogen) atoms. The summed E-state index contributed by atoms with van der Waals surface area (Å²) in [6.45, 7) is 1.81. The van der Waals surface area contributed by atoms with Gasteiger partial charge in [0.1, 0.15) is 0 Å². The molecule has 0 heterocycles. The topological polar surface area (TPSA) is 37.3 Å². The lowest BCUT2D eigenvalue weighted by Gasteiger charge is -2.36. The van der Waals surface area contributed by atoms with E-state index in [1.807, 2.05) is 6.92 Å². The lowest BCUT2D eigenvalue weighted by atomic mass is 9.68. The van der Waals surface area contributed by atoms with E-state index in [0.717, 1.165) is 6.42 Å². The smallest absolute Gasteiger partial charge is 0.390 e. The first-order chi connectivity index (χ1) is 6.75. The van der Waals surface area contributed by atoms with Gasteiger partial charge in [-0.1, -0.05) is 19.8 Å². The van der Waals surface area contributed by atoms with Crippen LogP contribution in [0, 0.1) is 11.3 Å². The van der Waals surface area contributed by atoms with Crippen molar-refractivity contribution in [3.05, 3.63) is 0 Å². The molecule has 1 fully saturated rings. The molecule has 0 saturated heterocycles. The van der Waals surface area contributed by atoms with Crippen molar-refractivity contribution in [1.29, 1.82) is 0 Å². The molecule has 0 amide bonds. The standard InChI is InChI=1S/C10H15F3O2/c1-7-3-2-4-9(5-7,8(14)15)6-10(11,12)13/h7H,2-6H2,1H3,(H,14,15). The molecule has 0 bridgehead atoms. The van der Waals surface area contributed by atoms with Gasteiger partial charge in [-0.3, -0.25) is 4.79 Å². The van der Waals surface area contributed by atoms with Crippen molar-refractivity contribution < 1.29 is 23.1 Å². The second kappa shape index (κ2) is 4.02. The van der Waals surface area contributed by atoms with Gasteiger partial charge in [0.05, 0.1) is 11.8 Å². The van der Waals surface area contributed by atoms with Gasteiger partial charge in [0, 0.05) is 0 Å². The second-order valence-electron chi connectivity index (χ2n) is 4.58. The molecule has 0 radical (unpaired) electrons. The lowest BCUT2D eigenvalue weighted by Crippen LogP contribution is -2.39. The van der Waals surface area contributed by atoms with E-state index in [-0.39, 0.29) is 18.8 Å². The predicted octanol–water partition coefficient (Wildman–Crippen LogP) is 3.22. The summed E-state index contributed by atoms with van der Waals surface area (Å²) >= 11 is 0. The maximum atomic E-state index is 12.3. The van der Waals surface area contributed by atoms with Crippen LogP contribution in [-0.4, -0.2) is 17.3 Å². The van der Waals surface area contributed by atoms with Crippen molar-refractivity contribution in [3.63, 3.8) is 0 Å². The zero-order valence-corrected chi connectivity index (χ0v) is 8.60. The van der Waals surface area contributed by atoms with Gasteiger partial charge in [-0.15, -0.1) is 0 Å². The molecule has 0 aromatic carbocycles. The molecule has 2 nitrogen and oxygen atoms in total. The van der Waals surface area contributed by atoms with Gasteiger partial charge in [-0.25, -0.2) is 0 Å². The van der Waals surface area contributed by atoms with Crippen molar-refractivity contribution in [3.8, 4) is 0 Å². The minimum atomic E-state index is -4.39. The number of rotatable bonds is 2. The highest BCUT2D eigenvalue weighted by Gasteiger charge is 2.49. The molecule has 1 saturated carbocycles. The molecule has 0 aromatic heterocycles. The summed E-state index contributed by atoms with van der Waals surface area (Å²) < 4.78 is 36.9. The molecule has 2 unspecified atom stereocenters. The Labute approximate surface area is 86.5 Å². The van der Waals surface area contributed by atoms with Gasteiger partial charge < -0.3 is 5.11 Å². The second-order valence-corrected chi connectivity index (χ2v) is 4.58. The highest BCUT2D eigenvalue weighted by molar-refractivity contribution is 5.74. The van der Waals surface area contributed by atoms with E-state index in [1.165, 1.54) is 0 Å². The molecule has 0 aliphatic heterocycles. The molecule has 5 heteroatoms. The van der Waals surface area contributed by atoms with Gasteiger partial charge >= 0.3 is 12.1 Å². The molecular formula is C10H15F3O2. The zero-order valence-electron chi connectivity index (χ0n) is 8.60. The first-order valence-corrected chi connectivity index (χ1v) is 5.05. The maximum Gasteiger partial charge on any atom is 0.390 e. The molecule has 2 atom stereocenters. The van der Waals surface area contributed by atoms with Gasteiger partial charge in [0.15, 0.2) is 0 Å². The van der Waals surface area contributed by atoms with Crippen LogP contribution in [-0.2, 0) is 4.79 Å². The van der Waals surface area contributed by atoms with Crippen molar-refractivity contribution in [1.82, 2.24) is 0 Å². The number of carbonyl (C=O) groups is 1. The van der Waals surface area contributed by atoms with Crippen molar-refractivity contribution in [2.45, 2.75) is 45.2 Å². The Hall–Kier alpha value is -0.740. The largest absolute Gasteiger partial charge is 0.481 e. The number of halogens is 3. The van der Waals surface area contributed by atoms with Crippen LogP contribution in [0.1, 0.15) is 39.0 Å². The third kappa shape index (κ3) is 3.11. The predicted molar refractivity (Wildman–Crippen MR) is 48.4 cm³/mol.